The number of hydrogen-bond acceptors (Lipinski definition) is 3. The second-order valence-corrected chi connectivity index (χ2v) is 5.38. The van der Waals surface area contributed by atoms with Gasteiger partial charge in [-0.05, 0) is 37.0 Å². The van der Waals surface area contributed by atoms with E-state index >= 15 is 0 Å². The van der Waals surface area contributed by atoms with Gasteiger partial charge in [0, 0.05) is 5.56 Å². The summed E-state index contributed by atoms with van der Waals surface area (Å²) in [4.78, 5) is 0. The zero-order chi connectivity index (χ0) is 14.8. The van der Waals surface area contributed by atoms with Crippen molar-refractivity contribution in [2.75, 3.05) is 0 Å². The minimum atomic E-state index is -1.53. The molecule has 0 aliphatic heterocycles. The van der Waals surface area contributed by atoms with Gasteiger partial charge in [-0.3, -0.25) is 5.73 Å². The molecule has 106 valence electrons. The molecule has 20 heavy (non-hydrogen) atoms. The van der Waals surface area contributed by atoms with Crippen LogP contribution in [-0.4, -0.2) is 11.1 Å². The molecule has 2 unspecified atom stereocenters. The van der Waals surface area contributed by atoms with Crippen molar-refractivity contribution in [1.29, 1.82) is 0 Å². The predicted molar refractivity (Wildman–Crippen MR) is 82.1 cm³/mol. The van der Waals surface area contributed by atoms with Crippen molar-refractivity contribution >= 4 is 0 Å². The van der Waals surface area contributed by atoms with Gasteiger partial charge in [0.05, 0.1) is 6.04 Å². The Morgan fingerprint density at radius 1 is 1.00 bits per heavy atom. The van der Waals surface area contributed by atoms with Gasteiger partial charge in [0.15, 0.2) is 5.72 Å². The molecule has 3 heteroatoms. The molecular formula is C17H22N2O. The SMILES string of the molecule is Cc1ccccc1CC(N)C(N)(O)c1ccccc1C. The summed E-state index contributed by atoms with van der Waals surface area (Å²) in [6.07, 6.45) is 0.536. The highest BCUT2D eigenvalue weighted by Crippen LogP contribution is 2.24. The van der Waals surface area contributed by atoms with E-state index in [1.807, 2.05) is 62.4 Å². The summed E-state index contributed by atoms with van der Waals surface area (Å²) in [7, 11) is 0. The van der Waals surface area contributed by atoms with E-state index in [1.165, 1.54) is 0 Å². The maximum atomic E-state index is 10.6. The van der Waals surface area contributed by atoms with Crippen molar-refractivity contribution < 1.29 is 5.11 Å². The van der Waals surface area contributed by atoms with Gasteiger partial charge in [-0.1, -0.05) is 48.5 Å². The van der Waals surface area contributed by atoms with Gasteiger partial charge in [-0.25, -0.2) is 0 Å². The number of benzene rings is 2. The first-order chi connectivity index (χ1) is 9.43. The molecule has 0 aliphatic carbocycles. The van der Waals surface area contributed by atoms with E-state index in [1.54, 1.807) is 0 Å². The van der Waals surface area contributed by atoms with Gasteiger partial charge < -0.3 is 10.8 Å². The molecule has 5 N–H and O–H groups in total. The monoisotopic (exact) mass is 270 g/mol. The van der Waals surface area contributed by atoms with Crippen molar-refractivity contribution in [3.05, 3.63) is 70.8 Å². The highest BCUT2D eigenvalue weighted by atomic mass is 16.3. The van der Waals surface area contributed by atoms with Crippen LogP contribution >= 0.6 is 0 Å². The fourth-order valence-electron chi connectivity index (χ4n) is 2.45. The van der Waals surface area contributed by atoms with Crippen molar-refractivity contribution in [3.8, 4) is 0 Å². The van der Waals surface area contributed by atoms with Crippen LogP contribution < -0.4 is 11.5 Å². The highest BCUT2D eigenvalue weighted by Gasteiger charge is 2.33. The van der Waals surface area contributed by atoms with E-state index < -0.39 is 11.8 Å². The zero-order valence-corrected chi connectivity index (χ0v) is 12.0. The third-order valence-corrected chi connectivity index (χ3v) is 3.84. The quantitative estimate of drug-likeness (QED) is 0.744. The number of nitrogens with two attached hydrogens (primary N) is 2. The summed E-state index contributed by atoms with van der Waals surface area (Å²) in [5.41, 5.74) is 14.6. The van der Waals surface area contributed by atoms with Gasteiger partial charge in [-0.2, -0.15) is 0 Å². The summed E-state index contributed by atoms with van der Waals surface area (Å²) in [6, 6.07) is 15.0. The smallest absolute Gasteiger partial charge is 0.155 e. The summed E-state index contributed by atoms with van der Waals surface area (Å²) >= 11 is 0. The van der Waals surface area contributed by atoms with Crippen LogP contribution in [0.2, 0.25) is 0 Å². The largest absolute Gasteiger partial charge is 0.370 e. The third kappa shape index (κ3) is 2.90. The lowest BCUT2D eigenvalue weighted by Crippen LogP contribution is -2.54. The summed E-state index contributed by atoms with van der Waals surface area (Å²) in [6.45, 7) is 3.96. The number of rotatable bonds is 4. The first kappa shape index (κ1) is 14.7. The Labute approximate surface area is 120 Å². The van der Waals surface area contributed by atoms with Crippen LogP contribution in [0.15, 0.2) is 48.5 Å². The summed E-state index contributed by atoms with van der Waals surface area (Å²) < 4.78 is 0. The summed E-state index contributed by atoms with van der Waals surface area (Å²) in [5, 5.41) is 10.6. The number of aryl methyl sites for hydroxylation is 2. The van der Waals surface area contributed by atoms with Crippen molar-refractivity contribution in [2.24, 2.45) is 11.5 Å². The molecule has 0 heterocycles. The van der Waals surface area contributed by atoms with Crippen molar-refractivity contribution in [2.45, 2.75) is 32.0 Å². The lowest BCUT2D eigenvalue weighted by Gasteiger charge is -2.32. The first-order valence-electron chi connectivity index (χ1n) is 6.80. The second-order valence-electron chi connectivity index (χ2n) is 5.38. The fourth-order valence-corrected chi connectivity index (χ4v) is 2.45. The van der Waals surface area contributed by atoms with Crippen LogP contribution in [0, 0.1) is 13.8 Å². The third-order valence-electron chi connectivity index (χ3n) is 3.84. The van der Waals surface area contributed by atoms with E-state index in [0.29, 0.717) is 12.0 Å². The molecule has 0 spiro atoms. The van der Waals surface area contributed by atoms with Crippen LogP contribution in [0.1, 0.15) is 22.3 Å². The lowest BCUT2D eigenvalue weighted by atomic mass is 9.88. The van der Waals surface area contributed by atoms with Gasteiger partial charge in [0.25, 0.3) is 0 Å². The van der Waals surface area contributed by atoms with Crippen LogP contribution in [-0.2, 0) is 12.1 Å². The molecule has 0 saturated heterocycles. The Hall–Kier alpha value is -1.68. The average molecular weight is 270 g/mol. The lowest BCUT2D eigenvalue weighted by molar-refractivity contribution is 0.0152. The molecule has 2 aromatic rings. The summed E-state index contributed by atoms with van der Waals surface area (Å²) in [5.74, 6) is 0. The molecule has 0 radical (unpaired) electrons. The van der Waals surface area contributed by atoms with Crippen LogP contribution in [0.3, 0.4) is 0 Å². The van der Waals surface area contributed by atoms with E-state index in [0.717, 1.165) is 16.7 Å². The Morgan fingerprint density at radius 2 is 1.55 bits per heavy atom. The maximum absolute atomic E-state index is 10.6. The molecule has 3 nitrogen and oxygen atoms in total. The maximum Gasteiger partial charge on any atom is 0.155 e. The fraction of sp³-hybridized carbons (Fsp3) is 0.294. The Bertz CT molecular complexity index is 593. The molecule has 0 amide bonds. The molecule has 0 fully saturated rings. The number of hydrogen-bond donors (Lipinski definition) is 3. The van der Waals surface area contributed by atoms with Crippen molar-refractivity contribution in [1.82, 2.24) is 0 Å². The van der Waals surface area contributed by atoms with Gasteiger partial charge in [-0.15, -0.1) is 0 Å². The van der Waals surface area contributed by atoms with E-state index in [9.17, 15) is 5.11 Å². The molecular weight excluding hydrogens is 248 g/mol. The van der Waals surface area contributed by atoms with Crippen LogP contribution in [0.25, 0.3) is 0 Å². The number of aliphatic hydroxyl groups is 1. The van der Waals surface area contributed by atoms with Crippen molar-refractivity contribution in [3.63, 3.8) is 0 Å². The standard InChI is InChI=1S/C17H22N2O/c1-12-7-3-5-9-14(12)11-16(18)17(19,20)15-10-6-4-8-13(15)2/h3-10,16,20H,11,18-19H2,1-2H3. The molecule has 0 bridgehead atoms. The highest BCUT2D eigenvalue weighted by molar-refractivity contribution is 5.33. The first-order valence-corrected chi connectivity index (χ1v) is 6.80. The minimum absolute atomic E-state index is 0.536. The molecule has 2 atom stereocenters. The van der Waals surface area contributed by atoms with Gasteiger partial charge in [0.2, 0.25) is 0 Å². The second kappa shape index (κ2) is 5.75. The molecule has 0 aliphatic rings. The molecule has 0 saturated carbocycles. The van der Waals surface area contributed by atoms with E-state index in [-0.39, 0.29) is 0 Å². The Morgan fingerprint density at radius 3 is 2.15 bits per heavy atom. The van der Waals surface area contributed by atoms with Gasteiger partial charge in [0.1, 0.15) is 0 Å². The Balaban J connectivity index is 2.26. The predicted octanol–water partition coefficient (Wildman–Crippen LogP) is 1.98. The van der Waals surface area contributed by atoms with E-state index in [4.69, 9.17) is 11.5 Å². The average Bonchev–Trinajstić information content (AvgIpc) is 2.41. The van der Waals surface area contributed by atoms with Crippen LogP contribution in [0.5, 0.6) is 0 Å². The normalized spacial score (nSPS) is 15.7. The van der Waals surface area contributed by atoms with E-state index in [2.05, 4.69) is 0 Å². The van der Waals surface area contributed by atoms with Crippen LogP contribution in [0.4, 0.5) is 0 Å². The molecule has 0 aromatic heterocycles. The Kier molecular flexibility index (Phi) is 4.23. The molecule has 2 rings (SSSR count). The molecule has 2 aromatic carbocycles. The zero-order valence-electron chi connectivity index (χ0n) is 12.0. The topological polar surface area (TPSA) is 72.3 Å². The minimum Gasteiger partial charge on any atom is -0.370 e. The van der Waals surface area contributed by atoms with Gasteiger partial charge >= 0.3 is 0 Å².